The van der Waals surface area contributed by atoms with Crippen molar-refractivity contribution < 1.29 is 9.47 Å². The van der Waals surface area contributed by atoms with Crippen LogP contribution in [0, 0.1) is 11.8 Å². The molecule has 1 atom stereocenters. The molecule has 0 amide bonds. The molecular weight excluding hydrogens is 284 g/mol. The van der Waals surface area contributed by atoms with Crippen LogP contribution in [0.2, 0.25) is 0 Å². The van der Waals surface area contributed by atoms with E-state index in [1.54, 1.807) is 7.11 Å². The van der Waals surface area contributed by atoms with Gasteiger partial charge in [-0.25, -0.2) is 0 Å². The van der Waals surface area contributed by atoms with Crippen LogP contribution >= 0.6 is 0 Å². The van der Waals surface area contributed by atoms with Crippen molar-refractivity contribution in [3.63, 3.8) is 0 Å². The Morgan fingerprint density at radius 3 is 2.61 bits per heavy atom. The Hall–Kier alpha value is -1.82. The standard InChI is InChI=1S/C21H26O2/c1-3-4-8-15-21(23-18-22-2)16-13-20(14-17-21)12-11-19-9-6-5-7-10-19/h5-7,9-10,13-14,16H,3-4,8,15,17-18H2,1-2H3. The second-order valence-corrected chi connectivity index (χ2v) is 5.89. The molecule has 0 saturated heterocycles. The first-order valence-corrected chi connectivity index (χ1v) is 8.37. The van der Waals surface area contributed by atoms with Gasteiger partial charge in [0.1, 0.15) is 6.79 Å². The summed E-state index contributed by atoms with van der Waals surface area (Å²) in [7, 11) is 1.67. The summed E-state index contributed by atoms with van der Waals surface area (Å²) in [5, 5.41) is 0. The number of rotatable bonds is 7. The molecule has 0 saturated carbocycles. The van der Waals surface area contributed by atoms with Crippen molar-refractivity contribution in [2.75, 3.05) is 13.9 Å². The minimum Gasteiger partial charge on any atom is -0.359 e. The zero-order chi connectivity index (χ0) is 16.4. The zero-order valence-electron chi connectivity index (χ0n) is 14.2. The second-order valence-electron chi connectivity index (χ2n) is 5.89. The number of hydrogen-bond acceptors (Lipinski definition) is 2. The first kappa shape index (κ1) is 17.5. The molecule has 0 heterocycles. The van der Waals surface area contributed by atoms with E-state index < -0.39 is 0 Å². The van der Waals surface area contributed by atoms with E-state index in [-0.39, 0.29) is 5.60 Å². The Kier molecular flexibility index (Phi) is 7.13. The van der Waals surface area contributed by atoms with Crippen molar-refractivity contribution in [1.82, 2.24) is 0 Å². The molecule has 0 N–H and O–H groups in total. The highest BCUT2D eigenvalue weighted by atomic mass is 16.7. The van der Waals surface area contributed by atoms with Gasteiger partial charge in [0.15, 0.2) is 0 Å². The van der Waals surface area contributed by atoms with E-state index in [4.69, 9.17) is 9.47 Å². The molecule has 0 fully saturated rings. The largest absolute Gasteiger partial charge is 0.359 e. The molecule has 122 valence electrons. The molecule has 2 heteroatoms. The summed E-state index contributed by atoms with van der Waals surface area (Å²) >= 11 is 0. The van der Waals surface area contributed by atoms with Gasteiger partial charge in [0, 0.05) is 18.2 Å². The quantitative estimate of drug-likeness (QED) is 0.406. The zero-order valence-corrected chi connectivity index (χ0v) is 14.2. The summed E-state index contributed by atoms with van der Waals surface area (Å²) in [5.74, 6) is 6.44. The lowest BCUT2D eigenvalue weighted by Gasteiger charge is -2.32. The van der Waals surface area contributed by atoms with E-state index >= 15 is 0 Å². The fourth-order valence-electron chi connectivity index (χ4n) is 2.63. The van der Waals surface area contributed by atoms with Gasteiger partial charge in [-0.15, -0.1) is 0 Å². The third-order valence-corrected chi connectivity index (χ3v) is 4.03. The van der Waals surface area contributed by atoms with Crippen LogP contribution in [0.3, 0.4) is 0 Å². The molecule has 23 heavy (non-hydrogen) atoms. The fourth-order valence-corrected chi connectivity index (χ4v) is 2.63. The van der Waals surface area contributed by atoms with Gasteiger partial charge in [-0.3, -0.25) is 0 Å². The second kappa shape index (κ2) is 9.35. The van der Waals surface area contributed by atoms with E-state index in [9.17, 15) is 0 Å². The smallest absolute Gasteiger partial charge is 0.147 e. The molecule has 2 rings (SSSR count). The third-order valence-electron chi connectivity index (χ3n) is 4.03. The van der Waals surface area contributed by atoms with E-state index in [2.05, 4.69) is 37.0 Å². The predicted octanol–water partition coefficient (Wildman–Crippen LogP) is 4.86. The van der Waals surface area contributed by atoms with E-state index in [1.807, 2.05) is 30.3 Å². The third kappa shape index (κ3) is 5.71. The summed E-state index contributed by atoms with van der Waals surface area (Å²) in [6, 6.07) is 10.1. The number of unbranched alkanes of at least 4 members (excludes halogenated alkanes) is 2. The topological polar surface area (TPSA) is 18.5 Å². The van der Waals surface area contributed by atoms with E-state index in [1.165, 1.54) is 19.3 Å². The van der Waals surface area contributed by atoms with Gasteiger partial charge in [-0.2, -0.15) is 0 Å². The van der Waals surface area contributed by atoms with Crippen molar-refractivity contribution in [3.8, 4) is 11.8 Å². The van der Waals surface area contributed by atoms with Gasteiger partial charge in [0.25, 0.3) is 0 Å². The molecule has 0 spiro atoms. The summed E-state index contributed by atoms with van der Waals surface area (Å²) in [6.45, 7) is 2.55. The first-order valence-electron chi connectivity index (χ1n) is 8.37. The van der Waals surface area contributed by atoms with Crippen LogP contribution in [0.5, 0.6) is 0 Å². The Labute approximate surface area is 140 Å². The van der Waals surface area contributed by atoms with Crippen molar-refractivity contribution in [3.05, 3.63) is 59.7 Å². The monoisotopic (exact) mass is 310 g/mol. The Morgan fingerprint density at radius 2 is 1.96 bits per heavy atom. The maximum absolute atomic E-state index is 5.98. The molecule has 0 aliphatic heterocycles. The molecule has 2 nitrogen and oxygen atoms in total. The lowest BCUT2D eigenvalue weighted by atomic mass is 9.87. The SMILES string of the molecule is CCCCCC1(OCOC)C=CC(C#Cc2ccccc2)=CC1. The highest BCUT2D eigenvalue weighted by molar-refractivity contribution is 5.47. The fraction of sp³-hybridized carbons (Fsp3) is 0.429. The molecule has 0 radical (unpaired) electrons. The van der Waals surface area contributed by atoms with Crippen LogP contribution in [-0.4, -0.2) is 19.5 Å². The number of allylic oxidation sites excluding steroid dienone is 2. The van der Waals surface area contributed by atoms with Crippen LogP contribution in [0.15, 0.2) is 54.1 Å². The van der Waals surface area contributed by atoms with Gasteiger partial charge in [-0.1, -0.05) is 68.4 Å². The van der Waals surface area contributed by atoms with E-state index in [0.29, 0.717) is 6.79 Å². The lowest BCUT2D eigenvalue weighted by molar-refractivity contribution is -0.111. The maximum Gasteiger partial charge on any atom is 0.147 e. The molecule has 1 aliphatic carbocycles. The minimum atomic E-state index is -0.233. The molecular formula is C21H26O2. The summed E-state index contributed by atoms with van der Waals surface area (Å²) in [5.41, 5.74) is 1.86. The van der Waals surface area contributed by atoms with Gasteiger partial charge >= 0.3 is 0 Å². The summed E-state index contributed by atoms with van der Waals surface area (Å²) in [6.07, 6.45) is 11.9. The van der Waals surface area contributed by atoms with Gasteiger partial charge < -0.3 is 9.47 Å². The van der Waals surface area contributed by atoms with Crippen LogP contribution in [0.4, 0.5) is 0 Å². The predicted molar refractivity (Wildman–Crippen MR) is 95.0 cm³/mol. The number of methoxy groups -OCH3 is 1. The Balaban J connectivity index is 2.01. The number of benzene rings is 1. The van der Waals surface area contributed by atoms with Crippen LogP contribution in [0.1, 0.15) is 44.6 Å². The van der Waals surface area contributed by atoms with Crippen molar-refractivity contribution >= 4 is 0 Å². The van der Waals surface area contributed by atoms with Gasteiger partial charge in [0.05, 0.1) is 5.60 Å². The molecule has 0 bridgehead atoms. The maximum atomic E-state index is 5.98. The number of hydrogen-bond donors (Lipinski definition) is 0. The van der Waals surface area contributed by atoms with Crippen molar-refractivity contribution in [1.29, 1.82) is 0 Å². The average Bonchev–Trinajstić information content (AvgIpc) is 2.61. The first-order chi connectivity index (χ1) is 11.3. The Morgan fingerprint density at radius 1 is 1.13 bits per heavy atom. The summed E-state index contributed by atoms with van der Waals surface area (Å²) < 4.78 is 11.1. The Bertz CT molecular complexity index is 589. The lowest BCUT2D eigenvalue weighted by Crippen LogP contribution is -2.32. The van der Waals surface area contributed by atoms with E-state index in [0.717, 1.165) is 24.0 Å². The molecule has 1 aromatic rings. The molecule has 1 unspecified atom stereocenters. The van der Waals surface area contributed by atoms with Crippen LogP contribution in [-0.2, 0) is 9.47 Å². The summed E-state index contributed by atoms with van der Waals surface area (Å²) in [4.78, 5) is 0. The van der Waals surface area contributed by atoms with Crippen molar-refractivity contribution in [2.45, 2.75) is 44.6 Å². The van der Waals surface area contributed by atoms with Gasteiger partial charge in [0.2, 0.25) is 0 Å². The molecule has 1 aliphatic rings. The highest BCUT2D eigenvalue weighted by Crippen LogP contribution is 2.30. The van der Waals surface area contributed by atoms with Crippen LogP contribution < -0.4 is 0 Å². The highest BCUT2D eigenvalue weighted by Gasteiger charge is 2.28. The minimum absolute atomic E-state index is 0.233. The number of ether oxygens (including phenoxy) is 2. The van der Waals surface area contributed by atoms with Crippen LogP contribution in [0.25, 0.3) is 0 Å². The molecule has 0 aromatic heterocycles. The average molecular weight is 310 g/mol. The molecule has 1 aromatic carbocycles. The van der Waals surface area contributed by atoms with Crippen molar-refractivity contribution in [2.24, 2.45) is 0 Å². The normalized spacial score (nSPS) is 19.8. The van der Waals surface area contributed by atoms with Gasteiger partial charge in [-0.05, 0) is 31.1 Å².